The van der Waals surface area contributed by atoms with Gasteiger partial charge in [-0.25, -0.2) is 8.42 Å². The van der Waals surface area contributed by atoms with Gasteiger partial charge in [0.1, 0.15) is 0 Å². The number of benzene rings is 1. The van der Waals surface area contributed by atoms with Crippen LogP contribution in [0.1, 0.15) is 22.5 Å². The lowest BCUT2D eigenvalue weighted by atomic mass is 10.0. The summed E-state index contributed by atoms with van der Waals surface area (Å²) in [6.45, 7) is 0.453. The van der Waals surface area contributed by atoms with Crippen molar-refractivity contribution in [1.29, 1.82) is 0 Å². The van der Waals surface area contributed by atoms with Crippen LogP contribution in [0, 0.1) is 0 Å². The van der Waals surface area contributed by atoms with Gasteiger partial charge in [0.15, 0.2) is 10.4 Å². The molecular formula is C15H15BrN2O4S. The Labute approximate surface area is 142 Å². The van der Waals surface area contributed by atoms with Crippen LogP contribution in [0.15, 0.2) is 39.4 Å². The van der Waals surface area contributed by atoms with E-state index in [4.69, 9.17) is 4.42 Å². The second-order valence-electron chi connectivity index (χ2n) is 5.34. The summed E-state index contributed by atoms with van der Waals surface area (Å²) in [5.41, 5.74) is 2.11. The molecule has 8 heteroatoms. The number of halogens is 1. The van der Waals surface area contributed by atoms with Crippen molar-refractivity contribution in [3.05, 3.63) is 46.3 Å². The zero-order valence-electron chi connectivity index (χ0n) is 12.4. The van der Waals surface area contributed by atoms with Crippen LogP contribution in [0.25, 0.3) is 0 Å². The highest BCUT2D eigenvalue weighted by molar-refractivity contribution is 9.10. The van der Waals surface area contributed by atoms with Crippen LogP contribution in [0.3, 0.4) is 0 Å². The highest BCUT2D eigenvalue weighted by Crippen LogP contribution is 2.31. The van der Waals surface area contributed by atoms with Crippen LogP contribution >= 0.6 is 15.9 Å². The van der Waals surface area contributed by atoms with Crippen molar-refractivity contribution in [2.24, 2.45) is 0 Å². The largest absolute Gasteiger partial charge is 0.444 e. The number of sulfonamides is 1. The van der Waals surface area contributed by atoms with E-state index in [-0.39, 0.29) is 5.76 Å². The monoisotopic (exact) mass is 398 g/mol. The molecule has 0 spiro atoms. The molecule has 1 N–H and O–H groups in total. The highest BCUT2D eigenvalue weighted by Gasteiger charge is 2.24. The Bertz CT molecular complexity index is 860. The zero-order valence-corrected chi connectivity index (χ0v) is 14.8. The van der Waals surface area contributed by atoms with E-state index in [9.17, 15) is 13.2 Å². The second-order valence-corrected chi connectivity index (χ2v) is 8.03. The van der Waals surface area contributed by atoms with E-state index >= 15 is 0 Å². The van der Waals surface area contributed by atoms with Crippen LogP contribution in [0.2, 0.25) is 0 Å². The van der Waals surface area contributed by atoms with Crippen molar-refractivity contribution in [2.45, 2.75) is 12.8 Å². The van der Waals surface area contributed by atoms with E-state index in [1.807, 2.05) is 6.07 Å². The summed E-state index contributed by atoms with van der Waals surface area (Å²) in [4.78, 5) is 12.1. The molecule has 0 fully saturated rings. The average Bonchev–Trinajstić information content (AvgIpc) is 2.92. The molecule has 0 aliphatic carbocycles. The molecule has 2 aromatic rings. The van der Waals surface area contributed by atoms with Gasteiger partial charge in [0, 0.05) is 12.2 Å². The predicted molar refractivity (Wildman–Crippen MR) is 91.3 cm³/mol. The molecule has 0 saturated heterocycles. The van der Waals surface area contributed by atoms with Crippen LogP contribution in [0.5, 0.6) is 0 Å². The molecule has 0 radical (unpaired) electrons. The van der Waals surface area contributed by atoms with Gasteiger partial charge in [-0.1, -0.05) is 6.07 Å². The smallest absolute Gasteiger partial charge is 0.291 e. The van der Waals surface area contributed by atoms with E-state index < -0.39 is 15.9 Å². The first-order valence-electron chi connectivity index (χ1n) is 7.02. The molecule has 0 atom stereocenters. The molecule has 6 nitrogen and oxygen atoms in total. The summed E-state index contributed by atoms with van der Waals surface area (Å²) in [6, 6.07) is 8.49. The van der Waals surface area contributed by atoms with Crippen LogP contribution in [-0.4, -0.2) is 27.1 Å². The molecule has 0 unspecified atom stereocenters. The minimum atomic E-state index is -3.34. The first kappa shape index (κ1) is 16.1. The Balaban J connectivity index is 1.89. The number of nitrogens with zero attached hydrogens (tertiary/aromatic N) is 1. The first-order valence-corrected chi connectivity index (χ1v) is 9.66. The van der Waals surface area contributed by atoms with Crippen LogP contribution < -0.4 is 9.62 Å². The predicted octanol–water partition coefficient (Wildman–Crippen LogP) is 3.01. The Kier molecular flexibility index (Phi) is 4.20. The fourth-order valence-corrected chi connectivity index (χ4v) is 3.89. The summed E-state index contributed by atoms with van der Waals surface area (Å²) >= 11 is 3.14. The fourth-order valence-electron chi connectivity index (χ4n) is 2.59. The molecule has 3 rings (SSSR count). The highest BCUT2D eigenvalue weighted by atomic mass is 79.9. The van der Waals surface area contributed by atoms with Gasteiger partial charge in [-0.15, -0.1) is 0 Å². The fraction of sp³-hybridized carbons (Fsp3) is 0.267. The lowest BCUT2D eigenvalue weighted by molar-refractivity contribution is 0.0995. The third-order valence-electron chi connectivity index (χ3n) is 3.62. The van der Waals surface area contributed by atoms with Gasteiger partial charge in [0.25, 0.3) is 5.91 Å². The number of anilines is 2. The number of furan rings is 1. The quantitative estimate of drug-likeness (QED) is 0.861. The van der Waals surface area contributed by atoms with Crippen molar-refractivity contribution in [2.75, 3.05) is 22.4 Å². The number of nitrogens with one attached hydrogen (secondary N) is 1. The molecule has 1 aliphatic rings. The van der Waals surface area contributed by atoms with Crippen molar-refractivity contribution in [3.8, 4) is 0 Å². The van der Waals surface area contributed by atoms with Gasteiger partial charge in [-0.2, -0.15) is 0 Å². The lowest BCUT2D eigenvalue weighted by Gasteiger charge is -2.29. The lowest BCUT2D eigenvalue weighted by Crippen LogP contribution is -2.34. The molecule has 2 heterocycles. The van der Waals surface area contributed by atoms with Gasteiger partial charge >= 0.3 is 0 Å². The zero-order chi connectivity index (χ0) is 16.6. The molecule has 122 valence electrons. The Morgan fingerprint density at radius 1 is 1.30 bits per heavy atom. The maximum absolute atomic E-state index is 12.1. The van der Waals surface area contributed by atoms with Crippen molar-refractivity contribution in [1.82, 2.24) is 0 Å². The van der Waals surface area contributed by atoms with Gasteiger partial charge in [0.05, 0.1) is 11.9 Å². The average molecular weight is 399 g/mol. The molecule has 1 aromatic carbocycles. The van der Waals surface area contributed by atoms with E-state index in [0.717, 1.165) is 18.4 Å². The molecule has 1 aromatic heterocycles. The molecule has 1 amide bonds. The number of carbonyl (C=O) groups excluding carboxylic acids is 1. The Morgan fingerprint density at radius 2 is 2.09 bits per heavy atom. The summed E-state index contributed by atoms with van der Waals surface area (Å²) < 4.78 is 30.9. The van der Waals surface area contributed by atoms with Crippen molar-refractivity contribution >= 4 is 43.2 Å². The van der Waals surface area contributed by atoms with Gasteiger partial charge in [0.2, 0.25) is 10.0 Å². The van der Waals surface area contributed by atoms with Crippen molar-refractivity contribution < 1.29 is 17.6 Å². The third kappa shape index (κ3) is 3.42. The topological polar surface area (TPSA) is 79.6 Å². The number of fused-ring (bicyclic) bond motifs is 1. The standard InChI is InChI=1S/C15H15BrN2O4S/c1-23(20,21)18-8-2-3-10-4-5-11(9-12(10)18)17-15(19)13-6-7-14(16)22-13/h4-7,9H,2-3,8H2,1H3,(H,17,19). The summed E-state index contributed by atoms with van der Waals surface area (Å²) in [7, 11) is -3.34. The molecule has 1 aliphatic heterocycles. The Morgan fingerprint density at radius 3 is 2.74 bits per heavy atom. The number of carbonyl (C=O) groups is 1. The first-order chi connectivity index (χ1) is 10.8. The summed E-state index contributed by atoms with van der Waals surface area (Å²) in [5, 5.41) is 2.72. The number of rotatable bonds is 3. The second kappa shape index (κ2) is 6.01. The maximum atomic E-state index is 12.1. The van der Waals surface area contributed by atoms with E-state index in [2.05, 4.69) is 21.2 Å². The minimum Gasteiger partial charge on any atom is -0.444 e. The summed E-state index contributed by atoms with van der Waals surface area (Å²) in [5.74, 6) is -0.216. The number of amides is 1. The van der Waals surface area contributed by atoms with Crippen LogP contribution in [-0.2, 0) is 16.4 Å². The molecule has 23 heavy (non-hydrogen) atoms. The maximum Gasteiger partial charge on any atom is 0.291 e. The van der Waals surface area contributed by atoms with E-state index in [1.165, 1.54) is 10.6 Å². The van der Waals surface area contributed by atoms with Crippen molar-refractivity contribution in [3.63, 3.8) is 0 Å². The van der Waals surface area contributed by atoms with Gasteiger partial charge in [-0.3, -0.25) is 9.10 Å². The normalized spacial score (nSPS) is 14.4. The van der Waals surface area contributed by atoms with Gasteiger partial charge < -0.3 is 9.73 Å². The molecule has 0 saturated carbocycles. The molecular weight excluding hydrogens is 384 g/mol. The third-order valence-corrected chi connectivity index (χ3v) is 5.22. The minimum absolute atomic E-state index is 0.176. The number of hydrogen-bond donors (Lipinski definition) is 1. The van der Waals surface area contributed by atoms with E-state index in [1.54, 1.807) is 24.3 Å². The SMILES string of the molecule is CS(=O)(=O)N1CCCc2ccc(NC(=O)c3ccc(Br)o3)cc21. The molecule has 0 bridgehead atoms. The summed E-state index contributed by atoms with van der Waals surface area (Å²) in [6.07, 6.45) is 2.79. The Hall–Kier alpha value is -1.80. The van der Waals surface area contributed by atoms with Crippen LogP contribution in [0.4, 0.5) is 11.4 Å². The number of aryl methyl sites for hydroxylation is 1. The van der Waals surface area contributed by atoms with E-state index in [0.29, 0.717) is 22.6 Å². The number of hydrogen-bond acceptors (Lipinski definition) is 4. The van der Waals surface area contributed by atoms with Gasteiger partial charge in [-0.05, 0) is 58.6 Å².